The molecule has 1 aromatic rings. The Balaban J connectivity index is 2.12. The number of nitrogens with zero attached hydrogens (tertiary/aromatic N) is 2. The molecule has 0 N–H and O–H groups in total. The second kappa shape index (κ2) is 17.8. The number of aryl methyl sites for hydroxylation is 1. The summed E-state index contributed by atoms with van der Waals surface area (Å²) in [5.41, 5.74) is 0. The van der Waals surface area contributed by atoms with Crippen LogP contribution in [0.1, 0.15) is 162 Å². The number of rotatable bonds is 20. The van der Waals surface area contributed by atoms with Crippen molar-refractivity contribution in [3.8, 4) is 0 Å². The number of aromatic nitrogens is 2. The first-order chi connectivity index (χ1) is 14.6. The van der Waals surface area contributed by atoms with Crippen LogP contribution >= 0.6 is 0 Å². The van der Waals surface area contributed by atoms with Crippen LogP contribution in [0.5, 0.6) is 0 Å². The maximum Gasteiger partial charge on any atom is 0.259 e. The quantitative estimate of drug-likeness (QED) is 0.147. The average molecular weight is 420 g/mol. The van der Waals surface area contributed by atoms with Crippen molar-refractivity contribution in [2.75, 3.05) is 0 Å². The van der Waals surface area contributed by atoms with Crippen LogP contribution in [0.3, 0.4) is 0 Å². The first-order valence-corrected chi connectivity index (χ1v) is 13.7. The molecular weight excluding hydrogens is 364 g/mol. The van der Waals surface area contributed by atoms with E-state index in [4.69, 9.17) is 0 Å². The van der Waals surface area contributed by atoms with Gasteiger partial charge in [-0.15, -0.1) is 0 Å². The van der Waals surface area contributed by atoms with Crippen molar-refractivity contribution in [2.24, 2.45) is 0 Å². The highest BCUT2D eigenvalue weighted by Gasteiger charge is 2.23. The van der Waals surface area contributed by atoms with Crippen LogP contribution in [0, 0.1) is 0 Å². The zero-order valence-corrected chi connectivity index (χ0v) is 21.4. The molecule has 176 valence electrons. The predicted octanol–water partition coefficient (Wildman–Crippen LogP) is 9.13. The minimum Gasteiger partial charge on any atom is -0.234 e. The fraction of sp³-hybridized carbons (Fsp3) is 0.893. The summed E-state index contributed by atoms with van der Waals surface area (Å²) in [7, 11) is 0. The Labute approximate surface area is 189 Å². The van der Waals surface area contributed by atoms with Crippen LogP contribution in [0.4, 0.5) is 0 Å². The Morgan fingerprint density at radius 3 is 1.60 bits per heavy atom. The minimum atomic E-state index is 0.593. The summed E-state index contributed by atoms with van der Waals surface area (Å²) in [4.78, 5) is 0. The van der Waals surface area contributed by atoms with Crippen molar-refractivity contribution >= 4 is 0 Å². The zero-order chi connectivity index (χ0) is 22.0. The lowest BCUT2D eigenvalue weighted by Crippen LogP contribution is -2.38. The van der Waals surface area contributed by atoms with Crippen molar-refractivity contribution < 1.29 is 4.57 Å². The molecule has 1 heterocycles. The summed E-state index contributed by atoms with van der Waals surface area (Å²) < 4.78 is 5.08. The molecule has 0 saturated heterocycles. The summed E-state index contributed by atoms with van der Waals surface area (Å²) in [6.07, 6.45) is 28.6. The van der Waals surface area contributed by atoms with Gasteiger partial charge in [0, 0.05) is 0 Å². The van der Waals surface area contributed by atoms with Gasteiger partial charge in [0.1, 0.15) is 12.4 Å². The van der Waals surface area contributed by atoms with Crippen molar-refractivity contribution in [3.05, 3.63) is 18.2 Å². The summed E-state index contributed by atoms with van der Waals surface area (Å²) in [5, 5.41) is 0. The standard InChI is InChI=1S/C28H55N2/c1-6-8-10-11-12-13-14-15-16-17-18-19-20-21-23-29-24-25-30(28(29)26(3)4)27(5)22-9-7-2/h24-27H,6-23H2,1-5H3/q+1. The molecule has 1 atom stereocenters. The molecule has 30 heavy (non-hydrogen) atoms. The second-order valence-electron chi connectivity index (χ2n) is 10.00. The Hall–Kier alpha value is -0.790. The van der Waals surface area contributed by atoms with Gasteiger partial charge in [-0.05, 0) is 32.6 Å². The van der Waals surface area contributed by atoms with E-state index in [1.165, 1.54) is 122 Å². The first-order valence-electron chi connectivity index (χ1n) is 13.7. The molecule has 0 aliphatic carbocycles. The SMILES string of the molecule is CCCCCCCCCCCCCCCC[n+]1ccn(C(C)CCCC)c1C(C)C. The Kier molecular flexibility index (Phi) is 16.2. The van der Waals surface area contributed by atoms with Crippen molar-refractivity contribution in [3.63, 3.8) is 0 Å². The lowest BCUT2D eigenvalue weighted by atomic mass is 10.0. The molecule has 0 fully saturated rings. The molecule has 0 saturated carbocycles. The molecule has 2 nitrogen and oxygen atoms in total. The Morgan fingerprint density at radius 2 is 1.13 bits per heavy atom. The molecule has 1 aromatic heterocycles. The van der Waals surface area contributed by atoms with Crippen LogP contribution in [-0.4, -0.2) is 4.57 Å². The van der Waals surface area contributed by atoms with Gasteiger partial charge in [0.15, 0.2) is 0 Å². The van der Waals surface area contributed by atoms with E-state index < -0.39 is 0 Å². The molecule has 1 rings (SSSR count). The maximum atomic E-state index is 2.55. The number of hydrogen-bond donors (Lipinski definition) is 0. The van der Waals surface area contributed by atoms with E-state index >= 15 is 0 Å². The third-order valence-electron chi connectivity index (χ3n) is 6.69. The molecule has 0 spiro atoms. The normalized spacial score (nSPS) is 12.7. The van der Waals surface area contributed by atoms with Gasteiger partial charge in [0.05, 0.1) is 18.5 Å². The summed E-state index contributed by atoms with van der Waals surface area (Å²) in [6.45, 7) is 12.9. The average Bonchev–Trinajstić information content (AvgIpc) is 3.16. The van der Waals surface area contributed by atoms with Crippen LogP contribution in [0.2, 0.25) is 0 Å². The second-order valence-corrected chi connectivity index (χ2v) is 10.00. The maximum absolute atomic E-state index is 2.55. The minimum absolute atomic E-state index is 0.593. The van der Waals surface area contributed by atoms with E-state index in [0.29, 0.717) is 12.0 Å². The van der Waals surface area contributed by atoms with Gasteiger partial charge in [-0.2, -0.15) is 0 Å². The fourth-order valence-corrected chi connectivity index (χ4v) is 4.76. The highest BCUT2D eigenvalue weighted by Crippen LogP contribution is 2.20. The van der Waals surface area contributed by atoms with Gasteiger partial charge in [0.25, 0.3) is 5.82 Å². The highest BCUT2D eigenvalue weighted by molar-refractivity contribution is 4.92. The van der Waals surface area contributed by atoms with Gasteiger partial charge in [0.2, 0.25) is 0 Å². The van der Waals surface area contributed by atoms with Gasteiger partial charge in [-0.1, -0.05) is 111 Å². The Morgan fingerprint density at radius 1 is 0.667 bits per heavy atom. The molecule has 0 bridgehead atoms. The lowest BCUT2D eigenvalue weighted by molar-refractivity contribution is -0.705. The summed E-state index contributed by atoms with van der Waals surface area (Å²) in [5.74, 6) is 2.11. The van der Waals surface area contributed by atoms with Crippen LogP contribution in [0.15, 0.2) is 12.4 Å². The van der Waals surface area contributed by atoms with Gasteiger partial charge in [-0.3, -0.25) is 0 Å². The van der Waals surface area contributed by atoms with Gasteiger partial charge >= 0.3 is 0 Å². The third-order valence-corrected chi connectivity index (χ3v) is 6.69. The molecule has 0 aliphatic heterocycles. The summed E-state index contributed by atoms with van der Waals surface area (Å²) >= 11 is 0. The smallest absolute Gasteiger partial charge is 0.234 e. The molecular formula is C28H55N2+. The van der Waals surface area contributed by atoms with E-state index in [2.05, 4.69) is 56.1 Å². The molecule has 0 radical (unpaired) electrons. The third kappa shape index (κ3) is 11.6. The molecule has 0 amide bonds. The number of imidazole rings is 1. The van der Waals surface area contributed by atoms with E-state index in [0.717, 1.165) is 0 Å². The van der Waals surface area contributed by atoms with E-state index in [1.54, 1.807) is 0 Å². The fourth-order valence-electron chi connectivity index (χ4n) is 4.76. The molecule has 1 unspecified atom stereocenters. The van der Waals surface area contributed by atoms with Crippen LogP contribution < -0.4 is 4.57 Å². The monoisotopic (exact) mass is 419 g/mol. The lowest BCUT2D eigenvalue weighted by Gasteiger charge is -2.13. The largest absolute Gasteiger partial charge is 0.259 e. The van der Waals surface area contributed by atoms with Crippen LogP contribution in [-0.2, 0) is 6.54 Å². The highest BCUT2D eigenvalue weighted by atomic mass is 15.2. The van der Waals surface area contributed by atoms with E-state index in [9.17, 15) is 0 Å². The summed E-state index contributed by atoms with van der Waals surface area (Å²) in [6, 6.07) is 0.625. The first kappa shape index (κ1) is 27.2. The number of unbranched alkanes of at least 4 members (excludes halogenated alkanes) is 14. The molecule has 2 heteroatoms. The zero-order valence-electron chi connectivity index (χ0n) is 21.4. The van der Waals surface area contributed by atoms with Crippen LogP contribution in [0.25, 0.3) is 0 Å². The van der Waals surface area contributed by atoms with Crippen molar-refractivity contribution in [1.29, 1.82) is 0 Å². The number of hydrogen-bond acceptors (Lipinski definition) is 0. The Bertz CT molecular complexity index is 503. The van der Waals surface area contributed by atoms with Crippen molar-refractivity contribution in [1.82, 2.24) is 4.57 Å². The predicted molar refractivity (Wildman–Crippen MR) is 133 cm³/mol. The topological polar surface area (TPSA) is 8.81 Å². The van der Waals surface area contributed by atoms with Gasteiger partial charge in [-0.25, -0.2) is 9.13 Å². The molecule has 0 aromatic carbocycles. The van der Waals surface area contributed by atoms with Crippen molar-refractivity contribution in [2.45, 2.75) is 162 Å². The van der Waals surface area contributed by atoms with Gasteiger partial charge < -0.3 is 0 Å². The van der Waals surface area contributed by atoms with E-state index in [-0.39, 0.29) is 0 Å². The molecule has 0 aliphatic rings. The van der Waals surface area contributed by atoms with E-state index in [1.807, 2.05) is 0 Å².